The van der Waals surface area contributed by atoms with E-state index in [1.54, 1.807) is 76.8 Å². The first-order valence-electron chi connectivity index (χ1n) is 12.8. The topological polar surface area (TPSA) is 117 Å². The van der Waals surface area contributed by atoms with Crippen LogP contribution in [0.2, 0.25) is 0 Å². The molecule has 0 saturated heterocycles. The molecule has 12 heteroatoms. The Kier molecular flexibility index (Phi) is 8.56. The second-order valence-electron chi connectivity index (χ2n) is 11.2. The van der Waals surface area contributed by atoms with Crippen molar-refractivity contribution >= 4 is 30.5 Å². The maximum Gasteiger partial charge on any atom is 0.477 e. The van der Waals surface area contributed by atoms with Crippen molar-refractivity contribution in [2.75, 3.05) is 5.32 Å². The number of carbonyl (C=O) groups is 1. The standard InChI is InChI=1S/C29H33FN5O5P/c1-8-26(36)34-22-11-20(14-31-16-22)21-12-23-24(19-9-10-32-25(30)13-19)17-35(27(23)33-15-21)18-38-41(37,39-28(2,3)4)40-29(5,6)7/h8-17H,1,18H2,2-7H3,(H,34,36). The van der Waals surface area contributed by atoms with Crippen LogP contribution in [0.3, 0.4) is 0 Å². The van der Waals surface area contributed by atoms with Gasteiger partial charge < -0.3 is 9.88 Å². The number of carbonyl (C=O) groups excluding carboxylic acids is 1. The Morgan fingerprint density at radius 2 is 1.71 bits per heavy atom. The lowest BCUT2D eigenvalue weighted by atomic mass is 10.0. The fraction of sp³-hybridized carbons (Fsp3) is 0.310. The number of rotatable bonds is 9. The van der Waals surface area contributed by atoms with E-state index in [0.29, 0.717) is 39.0 Å². The number of hydrogen-bond acceptors (Lipinski definition) is 8. The van der Waals surface area contributed by atoms with Crippen molar-refractivity contribution in [1.29, 1.82) is 0 Å². The van der Waals surface area contributed by atoms with Gasteiger partial charge in [-0.15, -0.1) is 0 Å². The van der Waals surface area contributed by atoms with Crippen LogP contribution in [0.1, 0.15) is 41.5 Å². The zero-order valence-electron chi connectivity index (χ0n) is 23.8. The third kappa shape index (κ3) is 7.92. The Hall–Kier alpha value is -3.76. The molecule has 4 aromatic heterocycles. The summed E-state index contributed by atoms with van der Waals surface area (Å²) in [4.78, 5) is 24.3. The summed E-state index contributed by atoms with van der Waals surface area (Å²) in [6.45, 7) is 13.8. The molecule has 1 N–H and O–H groups in total. The van der Waals surface area contributed by atoms with E-state index in [4.69, 9.17) is 13.6 Å². The van der Waals surface area contributed by atoms with Crippen LogP contribution in [-0.2, 0) is 29.7 Å². The minimum Gasteiger partial charge on any atom is -0.321 e. The highest BCUT2D eigenvalue weighted by Crippen LogP contribution is 2.55. The van der Waals surface area contributed by atoms with Gasteiger partial charge in [0.25, 0.3) is 0 Å². The molecule has 0 radical (unpaired) electrons. The van der Waals surface area contributed by atoms with Crippen LogP contribution in [-0.4, -0.2) is 36.6 Å². The highest BCUT2D eigenvalue weighted by Gasteiger charge is 2.37. The lowest BCUT2D eigenvalue weighted by molar-refractivity contribution is -0.111. The number of fused-ring (bicyclic) bond motifs is 1. The number of amides is 1. The highest BCUT2D eigenvalue weighted by molar-refractivity contribution is 7.48. The van der Waals surface area contributed by atoms with Crippen LogP contribution in [0, 0.1) is 5.95 Å². The van der Waals surface area contributed by atoms with Crippen LogP contribution >= 0.6 is 7.82 Å². The lowest BCUT2D eigenvalue weighted by Gasteiger charge is -2.30. The van der Waals surface area contributed by atoms with Gasteiger partial charge in [-0.1, -0.05) is 6.58 Å². The maximum atomic E-state index is 14.1. The van der Waals surface area contributed by atoms with E-state index in [9.17, 15) is 13.8 Å². The van der Waals surface area contributed by atoms with Crippen molar-refractivity contribution in [1.82, 2.24) is 19.5 Å². The second-order valence-corrected chi connectivity index (χ2v) is 12.8. The van der Waals surface area contributed by atoms with Gasteiger partial charge in [0.1, 0.15) is 12.4 Å². The minimum absolute atomic E-state index is 0.218. The van der Waals surface area contributed by atoms with Gasteiger partial charge in [0.05, 0.1) is 23.1 Å². The normalized spacial score (nSPS) is 12.5. The number of aromatic nitrogens is 4. The fourth-order valence-electron chi connectivity index (χ4n) is 3.96. The van der Waals surface area contributed by atoms with Crippen LogP contribution in [0.15, 0.2) is 67.9 Å². The van der Waals surface area contributed by atoms with E-state index in [1.807, 2.05) is 6.07 Å². The van der Waals surface area contributed by atoms with Crippen LogP contribution < -0.4 is 5.32 Å². The number of anilines is 1. The SMILES string of the molecule is C=CC(=O)Nc1cncc(-c2cnc3c(c2)c(-c2ccnc(F)c2)cn3COP(=O)(OC(C)(C)C)OC(C)(C)C)c1. The second kappa shape index (κ2) is 11.6. The molecule has 0 atom stereocenters. The van der Waals surface area contributed by atoms with E-state index < -0.39 is 25.0 Å². The Labute approximate surface area is 238 Å². The molecule has 0 aliphatic carbocycles. The van der Waals surface area contributed by atoms with Crippen molar-refractivity contribution in [3.63, 3.8) is 0 Å². The van der Waals surface area contributed by atoms with Gasteiger partial charge in [-0.2, -0.15) is 4.39 Å². The molecule has 1 amide bonds. The van der Waals surface area contributed by atoms with E-state index in [1.165, 1.54) is 24.5 Å². The van der Waals surface area contributed by atoms with E-state index in [2.05, 4.69) is 26.8 Å². The summed E-state index contributed by atoms with van der Waals surface area (Å²) in [5, 5.41) is 3.36. The maximum absolute atomic E-state index is 14.1. The average molecular weight is 582 g/mol. The quantitative estimate of drug-likeness (QED) is 0.126. The smallest absolute Gasteiger partial charge is 0.321 e. The number of pyridine rings is 3. The van der Waals surface area contributed by atoms with Gasteiger partial charge in [0.2, 0.25) is 11.9 Å². The van der Waals surface area contributed by atoms with Crippen molar-refractivity contribution < 1.29 is 27.3 Å². The molecule has 10 nitrogen and oxygen atoms in total. The van der Waals surface area contributed by atoms with E-state index in [-0.39, 0.29) is 12.6 Å². The van der Waals surface area contributed by atoms with Gasteiger partial charge in [0, 0.05) is 52.9 Å². The lowest BCUT2D eigenvalue weighted by Crippen LogP contribution is -2.25. The first-order chi connectivity index (χ1) is 19.1. The number of phosphoric acid groups is 1. The van der Waals surface area contributed by atoms with Crippen LogP contribution in [0.4, 0.5) is 10.1 Å². The molecule has 0 bridgehead atoms. The first kappa shape index (κ1) is 30.2. The van der Waals surface area contributed by atoms with Gasteiger partial charge in [-0.3, -0.25) is 23.3 Å². The Morgan fingerprint density at radius 1 is 1.02 bits per heavy atom. The molecule has 216 valence electrons. The van der Waals surface area contributed by atoms with E-state index in [0.717, 1.165) is 0 Å². The number of halogens is 1. The highest BCUT2D eigenvalue weighted by atomic mass is 31.2. The molecule has 4 rings (SSSR count). The average Bonchev–Trinajstić information content (AvgIpc) is 3.23. The van der Waals surface area contributed by atoms with Gasteiger partial charge >= 0.3 is 7.82 Å². The van der Waals surface area contributed by atoms with Gasteiger partial charge in [0.15, 0.2) is 0 Å². The molecule has 4 heterocycles. The Balaban J connectivity index is 1.78. The summed E-state index contributed by atoms with van der Waals surface area (Å²) in [6, 6.07) is 6.63. The summed E-state index contributed by atoms with van der Waals surface area (Å²) in [6.07, 6.45) is 9.08. The monoisotopic (exact) mass is 581 g/mol. The zero-order valence-corrected chi connectivity index (χ0v) is 24.7. The summed E-state index contributed by atoms with van der Waals surface area (Å²) in [5.41, 5.74) is 1.97. The van der Waals surface area contributed by atoms with Crippen LogP contribution in [0.5, 0.6) is 0 Å². The van der Waals surface area contributed by atoms with Crippen molar-refractivity contribution in [3.8, 4) is 22.3 Å². The molecule has 0 fully saturated rings. The Bertz CT molecular complexity index is 1620. The molecule has 0 aliphatic rings. The number of hydrogen-bond donors (Lipinski definition) is 1. The van der Waals surface area contributed by atoms with Crippen molar-refractivity contribution in [2.45, 2.75) is 59.5 Å². The summed E-state index contributed by atoms with van der Waals surface area (Å²) >= 11 is 0. The van der Waals surface area contributed by atoms with Gasteiger partial charge in [-0.25, -0.2) is 14.5 Å². The van der Waals surface area contributed by atoms with Crippen molar-refractivity contribution in [2.24, 2.45) is 0 Å². The molecule has 0 spiro atoms. The first-order valence-corrected chi connectivity index (χ1v) is 14.3. The predicted octanol–water partition coefficient (Wildman–Crippen LogP) is 7.14. The largest absolute Gasteiger partial charge is 0.477 e. The predicted molar refractivity (Wildman–Crippen MR) is 155 cm³/mol. The molecular formula is C29H33FN5O5P. The molecule has 0 unspecified atom stereocenters. The summed E-state index contributed by atoms with van der Waals surface area (Å²) in [5.74, 6) is -1.000. The number of phosphoric ester groups is 1. The van der Waals surface area contributed by atoms with E-state index >= 15 is 0 Å². The minimum atomic E-state index is -4.02. The van der Waals surface area contributed by atoms with Gasteiger partial charge in [-0.05, 0) is 71.4 Å². The molecule has 0 aromatic carbocycles. The Morgan fingerprint density at radius 3 is 2.34 bits per heavy atom. The molecule has 0 saturated carbocycles. The number of nitrogens with zero attached hydrogens (tertiary/aromatic N) is 4. The molecule has 41 heavy (non-hydrogen) atoms. The van der Waals surface area contributed by atoms with Crippen molar-refractivity contribution in [3.05, 3.63) is 73.9 Å². The molecule has 0 aliphatic heterocycles. The summed E-state index contributed by atoms with van der Waals surface area (Å²) in [7, 11) is -4.02. The summed E-state index contributed by atoms with van der Waals surface area (Å²) < 4.78 is 46.7. The zero-order chi connectivity index (χ0) is 30.0. The third-order valence-corrected chi connectivity index (χ3v) is 7.38. The third-order valence-electron chi connectivity index (χ3n) is 5.40. The molecular weight excluding hydrogens is 548 g/mol. The van der Waals surface area contributed by atoms with Crippen LogP contribution in [0.25, 0.3) is 33.3 Å². The fourth-order valence-corrected chi connectivity index (χ4v) is 5.71. The number of nitrogens with one attached hydrogen (secondary N) is 1. The molecule has 4 aromatic rings.